The van der Waals surface area contributed by atoms with Crippen molar-refractivity contribution in [3.05, 3.63) is 59.2 Å². The normalized spacial score (nSPS) is 11.9. The molecule has 1 aromatic heterocycles. The van der Waals surface area contributed by atoms with Crippen LogP contribution in [0.15, 0.2) is 42.5 Å². The number of hydrogen-bond donors (Lipinski definition) is 2. The van der Waals surface area contributed by atoms with Crippen LogP contribution >= 0.6 is 11.3 Å². The van der Waals surface area contributed by atoms with E-state index in [1.54, 1.807) is 13.0 Å². The quantitative estimate of drug-likeness (QED) is 0.547. The summed E-state index contributed by atoms with van der Waals surface area (Å²) in [5, 5.41) is 12.7. The topological polar surface area (TPSA) is 49.3 Å². The van der Waals surface area contributed by atoms with E-state index in [1.165, 1.54) is 17.4 Å². The lowest BCUT2D eigenvalue weighted by Crippen LogP contribution is -2.17. The number of alkyl halides is 3. The predicted molar refractivity (Wildman–Crippen MR) is 101 cm³/mol. The van der Waals surface area contributed by atoms with Gasteiger partial charge in [0.2, 0.25) is 0 Å². The molecule has 7 heteroatoms. The average Bonchev–Trinajstić information content (AvgIpc) is 3.00. The zero-order chi connectivity index (χ0) is 19.6. The van der Waals surface area contributed by atoms with Crippen molar-refractivity contribution in [1.29, 1.82) is 0 Å². The highest BCUT2D eigenvalue weighted by molar-refractivity contribution is 7.22. The van der Waals surface area contributed by atoms with Crippen LogP contribution in [-0.4, -0.2) is 17.6 Å². The number of carboxylic acid groups (broad SMARTS) is 1. The SMILES string of the molecule is Cc1cc(-c2cc3cc(CNCCC(=O)O)ccc3s2)cc(C(F)(F)F)c1. The van der Waals surface area contributed by atoms with Crippen molar-refractivity contribution in [3.63, 3.8) is 0 Å². The molecule has 3 aromatic rings. The highest BCUT2D eigenvalue weighted by Gasteiger charge is 2.31. The third-order valence-electron chi connectivity index (χ3n) is 4.11. The third kappa shape index (κ3) is 4.87. The molecule has 0 amide bonds. The fourth-order valence-electron chi connectivity index (χ4n) is 2.86. The molecule has 0 radical (unpaired) electrons. The van der Waals surface area contributed by atoms with Gasteiger partial charge in [-0.05, 0) is 59.3 Å². The van der Waals surface area contributed by atoms with Gasteiger partial charge < -0.3 is 10.4 Å². The van der Waals surface area contributed by atoms with Crippen LogP contribution in [0.3, 0.4) is 0 Å². The van der Waals surface area contributed by atoms with E-state index in [-0.39, 0.29) is 6.42 Å². The van der Waals surface area contributed by atoms with Gasteiger partial charge in [-0.3, -0.25) is 4.79 Å². The van der Waals surface area contributed by atoms with Gasteiger partial charge in [-0.1, -0.05) is 12.1 Å². The molecule has 3 rings (SSSR count). The van der Waals surface area contributed by atoms with Crippen LogP contribution in [0, 0.1) is 6.92 Å². The van der Waals surface area contributed by atoms with Crippen molar-refractivity contribution < 1.29 is 23.1 Å². The summed E-state index contributed by atoms with van der Waals surface area (Å²) in [4.78, 5) is 11.3. The minimum Gasteiger partial charge on any atom is -0.481 e. The predicted octanol–water partition coefficient (Wildman–Crippen LogP) is 5.46. The van der Waals surface area contributed by atoms with Crippen molar-refractivity contribution in [2.45, 2.75) is 26.1 Å². The monoisotopic (exact) mass is 393 g/mol. The molecule has 0 aliphatic carbocycles. The first kappa shape index (κ1) is 19.4. The van der Waals surface area contributed by atoms with E-state index >= 15 is 0 Å². The third-order valence-corrected chi connectivity index (χ3v) is 5.28. The van der Waals surface area contributed by atoms with Crippen molar-refractivity contribution in [1.82, 2.24) is 5.32 Å². The van der Waals surface area contributed by atoms with Crippen LogP contribution in [-0.2, 0) is 17.5 Å². The highest BCUT2D eigenvalue weighted by Crippen LogP contribution is 2.38. The molecule has 0 saturated heterocycles. The number of benzene rings is 2. The first-order chi connectivity index (χ1) is 12.7. The molecule has 1 heterocycles. The Labute approximate surface area is 158 Å². The van der Waals surface area contributed by atoms with Gasteiger partial charge in [0.15, 0.2) is 0 Å². The van der Waals surface area contributed by atoms with E-state index < -0.39 is 17.7 Å². The molecule has 0 aliphatic heterocycles. The largest absolute Gasteiger partial charge is 0.481 e. The maximum absolute atomic E-state index is 13.1. The Morgan fingerprint density at radius 3 is 2.63 bits per heavy atom. The summed E-state index contributed by atoms with van der Waals surface area (Å²) >= 11 is 1.45. The lowest BCUT2D eigenvalue weighted by Gasteiger charge is -2.09. The zero-order valence-corrected chi connectivity index (χ0v) is 15.4. The van der Waals surface area contributed by atoms with Gasteiger partial charge in [-0.15, -0.1) is 11.3 Å². The fraction of sp³-hybridized carbons (Fsp3) is 0.250. The molecule has 0 saturated carbocycles. The standard InChI is InChI=1S/C20H18F3NO2S/c1-12-6-14(9-16(7-12)20(21,22)23)18-10-15-8-13(2-3-17(15)27-18)11-24-5-4-19(25)26/h2-3,6-10,24H,4-5,11H2,1H3,(H,25,26). The van der Waals surface area contributed by atoms with Gasteiger partial charge in [-0.2, -0.15) is 13.2 Å². The Morgan fingerprint density at radius 1 is 1.15 bits per heavy atom. The molecule has 27 heavy (non-hydrogen) atoms. The number of aliphatic carboxylic acids is 1. The van der Waals surface area contributed by atoms with Gasteiger partial charge in [0.1, 0.15) is 0 Å². The minimum absolute atomic E-state index is 0.0553. The van der Waals surface area contributed by atoms with Crippen LogP contribution in [0.4, 0.5) is 13.2 Å². The first-order valence-corrected chi connectivity index (χ1v) is 9.18. The zero-order valence-electron chi connectivity index (χ0n) is 14.6. The van der Waals surface area contributed by atoms with E-state index in [2.05, 4.69) is 5.32 Å². The second-order valence-corrected chi connectivity index (χ2v) is 7.47. The van der Waals surface area contributed by atoms with Crippen LogP contribution in [0.25, 0.3) is 20.5 Å². The number of hydrogen-bond acceptors (Lipinski definition) is 3. The van der Waals surface area contributed by atoms with Gasteiger partial charge in [-0.25, -0.2) is 0 Å². The van der Waals surface area contributed by atoms with E-state index in [1.807, 2.05) is 24.3 Å². The molecular formula is C20H18F3NO2S. The van der Waals surface area contributed by atoms with Crippen LogP contribution in [0.2, 0.25) is 0 Å². The summed E-state index contributed by atoms with van der Waals surface area (Å²) in [5.41, 5.74) is 1.49. The minimum atomic E-state index is -4.37. The maximum Gasteiger partial charge on any atom is 0.416 e. The number of nitrogens with one attached hydrogen (secondary N) is 1. The van der Waals surface area contributed by atoms with Crippen LogP contribution in [0.5, 0.6) is 0 Å². The Kier molecular flexibility index (Phi) is 5.53. The average molecular weight is 393 g/mol. The second kappa shape index (κ2) is 7.70. The molecule has 0 aliphatic rings. The number of fused-ring (bicyclic) bond motifs is 1. The Balaban J connectivity index is 1.85. The lowest BCUT2D eigenvalue weighted by molar-refractivity contribution is -0.138. The maximum atomic E-state index is 13.1. The molecule has 3 nitrogen and oxygen atoms in total. The molecule has 0 unspecified atom stereocenters. The molecular weight excluding hydrogens is 375 g/mol. The van der Waals surface area contributed by atoms with E-state index in [0.29, 0.717) is 24.2 Å². The Bertz CT molecular complexity index is 979. The number of rotatable bonds is 6. The first-order valence-electron chi connectivity index (χ1n) is 8.36. The number of aryl methyl sites for hydroxylation is 1. The van der Waals surface area contributed by atoms with Gasteiger partial charge in [0.05, 0.1) is 12.0 Å². The highest BCUT2D eigenvalue weighted by atomic mass is 32.1. The summed E-state index contributed by atoms with van der Waals surface area (Å²) in [6.45, 7) is 2.58. The Morgan fingerprint density at radius 2 is 1.93 bits per heavy atom. The summed E-state index contributed by atoms with van der Waals surface area (Å²) < 4.78 is 40.2. The number of carboxylic acids is 1. The van der Waals surface area contributed by atoms with Crippen molar-refractivity contribution in [2.24, 2.45) is 0 Å². The second-order valence-electron chi connectivity index (χ2n) is 6.39. The summed E-state index contributed by atoms with van der Waals surface area (Å²) in [7, 11) is 0. The van der Waals surface area contributed by atoms with Crippen LogP contribution in [0.1, 0.15) is 23.1 Å². The molecule has 2 N–H and O–H groups in total. The van der Waals surface area contributed by atoms with Crippen molar-refractivity contribution >= 4 is 27.4 Å². The van der Waals surface area contributed by atoms with E-state index in [0.717, 1.165) is 26.6 Å². The molecule has 0 atom stereocenters. The molecule has 142 valence electrons. The molecule has 2 aromatic carbocycles. The fourth-order valence-corrected chi connectivity index (χ4v) is 3.89. The lowest BCUT2D eigenvalue weighted by atomic mass is 10.0. The van der Waals surface area contributed by atoms with E-state index in [4.69, 9.17) is 5.11 Å². The number of carbonyl (C=O) groups is 1. The number of thiophene rings is 1. The molecule has 0 bridgehead atoms. The molecule has 0 fully saturated rings. The van der Waals surface area contributed by atoms with Gasteiger partial charge >= 0.3 is 12.1 Å². The van der Waals surface area contributed by atoms with Crippen molar-refractivity contribution in [2.75, 3.05) is 6.54 Å². The van der Waals surface area contributed by atoms with Crippen LogP contribution < -0.4 is 5.32 Å². The summed E-state index contributed by atoms with van der Waals surface area (Å²) in [5.74, 6) is -0.850. The van der Waals surface area contributed by atoms with Gasteiger partial charge in [0, 0.05) is 22.7 Å². The summed E-state index contributed by atoms with van der Waals surface area (Å²) in [6, 6.07) is 11.9. The summed E-state index contributed by atoms with van der Waals surface area (Å²) in [6.07, 6.45) is -4.31. The van der Waals surface area contributed by atoms with Crippen molar-refractivity contribution in [3.8, 4) is 10.4 Å². The van der Waals surface area contributed by atoms with Gasteiger partial charge in [0.25, 0.3) is 0 Å². The molecule has 0 spiro atoms. The number of halogens is 3. The smallest absolute Gasteiger partial charge is 0.416 e. The van der Waals surface area contributed by atoms with E-state index in [9.17, 15) is 18.0 Å². The Hall–Kier alpha value is -2.38.